The van der Waals surface area contributed by atoms with Gasteiger partial charge in [0.25, 0.3) is 0 Å². The van der Waals surface area contributed by atoms with Crippen molar-refractivity contribution in [2.45, 2.75) is 31.8 Å². The summed E-state index contributed by atoms with van der Waals surface area (Å²) in [5.74, 6) is 1.23. The number of carbonyl (C=O) groups is 1. The second kappa shape index (κ2) is 6.16. The summed E-state index contributed by atoms with van der Waals surface area (Å²) in [4.78, 5) is 16.9. The number of pyridine rings is 1. The van der Waals surface area contributed by atoms with Crippen molar-refractivity contribution in [1.29, 1.82) is 0 Å². The highest BCUT2D eigenvalue weighted by Gasteiger charge is 2.30. The fourth-order valence-electron chi connectivity index (χ4n) is 3.57. The zero-order valence-electron chi connectivity index (χ0n) is 14.3. The molecule has 0 spiro atoms. The Morgan fingerprint density at radius 3 is 3.00 bits per heavy atom. The minimum Gasteiger partial charge on any atom is -0.493 e. The third-order valence-corrected chi connectivity index (χ3v) is 5.17. The van der Waals surface area contributed by atoms with Crippen molar-refractivity contribution in [3.8, 4) is 5.75 Å². The number of nitrogens with zero attached hydrogens (tertiary/aromatic N) is 1. The van der Waals surface area contributed by atoms with Crippen molar-refractivity contribution < 1.29 is 18.7 Å². The summed E-state index contributed by atoms with van der Waals surface area (Å²) in [6, 6.07) is 9.49. The molecule has 1 aromatic carbocycles. The predicted octanol–water partition coefficient (Wildman–Crippen LogP) is 4.46. The van der Waals surface area contributed by atoms with Crippen molar-refractivity contribution >= 4 is 16.9 Å². The van der Waals surface area contributed by atoms with E-state index in [1.54, 1.807) is 24.6 Å². The van der Waals surface area contributed by atoms with Crippen LogP contribution in [0.15, 0.2) is 47.2 Å². The quantitative estimate of drug-likeness (QED) is 0.636. The summed E-state index contributed by atoms with van der Waals surface area (Å²) in [7, 11) is 0. The second-order valence-corrected chi connectivity index (χ2v) is 7.00. The molecule has 0 N–H and O–H groups in total. The molecule has 0 saturated heterocycles. The van der Waals surface area contributed by atoms with Gasteiger partial charge in [0.2, 0.25) is 0 Å². The van der Waals surface area contributed by atoms with Gasteiger partial charge >= 0.3 is 5.97 Å². The lowest BCUT2D eigenvalue weighted by atomic mass is 10.1. The largest absolute Gasteiger partial charge is 0.493 e. The molecule has 26 heavy (non-hydrogen) atoms. The third-order valence-electron chi connectivity index (χ3n) is 5.17. The minimum absolute atomic E-state index is 0.258. The van der Waals surface area contributed by atoms with Crippen LogP contribution in [0, 0.1) is 5.92 Å². The summed E-state index contributed by atoms with van der Waals surface area (Å²) < 4.78 is 17.1. The number of aromatic nitrogens is 1. The van der Waals surface area contributed by atoms with Gasteiger partial charge in [0, 0.05) is 11.8 Å². The van der Waals surface area contributed by atoms with Crippen molar-refractivity contribution in [1.82, 2.24) is 4.98 Å². The summed E-state index contributed by atoms with van der Waals surface area (Å²) in [5, 5.41) is 0.678. The molecule has 1 unspecified atom stereocenters. The Morgan fingerprint density at radius 2 is 2.12 bits per heavy atom. The second-order valence-electron chi connectivity index (χ2n) is 7.00. The number of ether oxygens (including phenoxy) is 2. The van der Waals surface area contributed by atoms with Crippen molar-refractivity contribution in [3.63, 3.8) is 0 Å². The molecule has 1 saturated carbocycles. The van der Waals surface area contributed by atoms with Crippen molar-refractivity contribution in [2.75, 3.05) is 6.61 Å². The first-order chi connectivity index (χ1) is 12.8. The van der Waals surface area contributed by atoms with Crippen LogP contribution in [0.4, 0.5) is 0 Å². The number of rotatable bonds is 5. The standard InChI is InChI=1S/C21H19NO4/c23-21(20-16-9-11-24-18(16)8-10-22-20)26-19-7-6-15-14(19)2-1-3-17(15)25-12-13-4-5-13/h1-3,8-11,13,19H,4-7,12H2. The molecule has 0 radical (unpaired) electrons. The summed E-state index contributed by atoms with van der Waals surface area (Å²) >= 11 is 0. The number of hydrogen-bond donors (Lipinski definition) is 0. The van der Waals surface area contributed by atoms with Gasteiger partial charge in [-0.25, -0.2) is 9.78 Å². The fraction of sp³-hybridized carbons (Fsp3) is 0.333. The molecule has 132 valence electrons. The van der Waals surface area contributed by atoms with Gasteiger partial charge in [0.1, 0.15) is 17.4 Å². The van der Waals surface area contributed by atoms with Crippen LogP contribution in [0.5, 0.6) is 5.75 Å². The summed E-state index contributed by atoms with van der Waals surface area (Å²) in [6.07, 6.45) is 7.02. The molecular weight excluding hydrogens is 330 g/mol. The average molecular weight is 349 g/mol. The molecule has 2 aliphatic carbocycles. The molecule has 0 bridgehead atoms. The maximum absolute atomic E-state index is 12.7. The first kappa shape index (κ1) is 15.4. The van der Waals surface area contributed by atoms with Crippen LogP contribution < -0.4 is 4.74 Å². The van der Waals surface area contributed by atoms with E-state index in [2.05, 4.69) is 4.98 Å². The molecule has 5 heteroatoms. The van der Waals surface area contributed by atoms with Gasteiger partial charge in [-0.15, -0.1) is 0 Å². The van der Waals surface area contributed by atoms with Gasteiger partial charge in [-0.05, 0) is 55.4 Å². The van der Waals surface area contributed by atoms with E-state index in [-0.39, 0.29) is 6.10 Å². The van der Waals surface area contributed by atoms with E-state index in [9.17, 15) is 4.79 Å². The maximum atomic E-state index is 12.7. The van der Waals surface area contributed by atoms with Crippen LogP contribution in [-0.2, 0) is 11.2 Å². The third kappa shape index (κ3) is 2.73. The number of benzene rings is 1. The Bertz CT molecular complexity index is 973. The first-order valence-corrected chi connectivity index (χ1v) is 9.07. The van der Waals surface area contributed by atoms with Crippen LogP contribution in [0.2, 0.25) is 0 Å². The molecule has 2 aromatic heterocycles. The summed E-state index contributed by atoms with van der Waals surface area (Å²) in [6.45, 7) is 0.785. The van der Waals surface area contributed by atoms with E-state index in [4.69, 9.17) is 13.9 Å². The van der Waals surface area contributed by atoms with Crippen molar-refractivity contribution in [2.24, 2.45) is 5.92 Å². The number of hydrogen-bond acceptors (Lipinski definition) is 5. The minimum atomic E-state index is -0.417. The molecule has 0 aliphatic heterocycles. The fourth-order valence-corrected chi connectivity index (χ4v) is 3.57. The van der Waals surface area contributed by atoms with E-state index in [0.717, 1.165) is 30.8 Å². The lowest BCUT2D eigenvalue weighted by Gasteiger charge is -2.14. The number of esters is 1. The van der Waals surface area contributed by atoms with E-state index in [1.165, 1.54) is 18.4 Å². The van der Waals surface area contributed by atoms with Crippen LogP contribution in [-0.4, -0.2) is 17.6 Å². The SMILES string of the molecule is O=C(OC1CCc2c(OCC3CC3)cccc21)c1nccc2occc12. The van der Waals surface area contributed by atoms with E-state index in [0.29, 0.717) is 22.6 Å². The van der Waals surface area contributed by atoms with Gasteiger partial charge in [-0.1, -0.05) is 12.1 Å². The molecule has 2 aliphatic rings. The molecule has 1 atom stereocenters. The number of carbonyl (C=O) groups excluding carboxylic acids is 1. The first-order valence-electron chi connectivity index (χ1n) is 9.07. The topological polar surface area (TPSA) is 61.6 Å². The zero-order valence-corrected chi connectivity index (χ0v) is 14.3. The Kier molecular flexibility index (Phi) is 3.66. The van der Waals surface area contributed by atoms with Crippen LogP contribution >= 0.6 is 0 Å². The van der Waals surface area contributed by atoms with Crippen LogP contribution in [0.25, 0.3) is 11.0 Å². The van der Waals surface area contributed by atoms with Gasteiger partial charge in [0.05, 0.1) is 18.3 Å². The summed E-state index contributed by atoms with van der Waals surface area (Å²) in [5.41, 5.74) is 3.15. The van der Waals surface area contributed by atoms with E-state index >= 15 is 0 Å². The van der Waals surface area contributed by atoms with Crippen molar-refractivity contribution in [3.05, 3.63) is 59.6 Å². The lowest BCUT2D eigenvalue weighted by Crippen LogP contribution is -2.11. The maximum Gasteiger partial charge on any atom is 0.358 e. The highest BCUT2D eigenvalue weighted by molar-refractivity contribution is 6.01. The Morgan fingerprint density at radius 1 is 1.19 bits per heavy atom. The Labute approximate surface area is 150 Å². The number of fused-ring (bicyclic) bond motifs is 2. The number of furan rings is 1. The lowest BCUT2D eigenvalue weighted by molar-refractivity contribution is 0.0297. The highest BCUT2D eigenvalue weighted by Crippen LogP contribution is 2.40. The molecule has 5 rings (SSSR count). The molecular formula is C21H19NO4. The van der Waals surface area contributed by atoms with Crippen LogP contribution in [0.3, 0.4) is 0 Å². The van der Waals surface area contributed by atoms with Gasteiger partial charge in [0.15, 0.2) is 5.69 Å². The van der Waals surface area contributed by atoms with E-state index < -0.39 is 5.97 Å². The smallest absolute Gasteiger partial charge is 0.358 e. The average Bonchev–Trinajstić information content (AvgIpc) is 3.20. The predicted molar refractivity (Wildman–Crippen MR) is 95.1 cm³/mol. The molecule has 1 fully saturated rings. The molecule has 3 aromatic rings. The molecule has 5 nitrogen and oxygen atoms in total. The Hall–Kier alpha value is -2.82. The van der Waals surface area contributed by atoms with Gasteiger partial charge < -0.3 is 13.9 Å². The highest BCUT2D eigenvalue weighted by atomic mass is 16.5. The zero-order chi connectivity index (χ0) is 17.5. The van der Waals surface area contributed by atoms with Crippen LogP contribution in [0.1, 0.15) is 47.0 Å². The van der Waals surface area contributed by atoms with Gasteiger partial charge in [-0.3, -0.25) is 0 Å². The normalized spacial score (nSPS) is 18.7. The monoisotopic (exact) mass is 349 g/mol. The Balaban J connectivity index is 1.37. The van der Waals surface area contributed by atoms with E-state index in [1.807, 2.05) is 18.2 Å². The van der Waals surface area contributed by atoms with Gasteiger partial charge in [-0.2, -0.15) is 0 Å². The molecule has 2 heterocycles. The molecule has 0 amide bonds.